The van der Waals surface area contributed by atoms with Crippen molar-refractivity contribution in [2.75, 3.05) is 26.2 Å². The second-order valence-electron chi connectivity index (χ2n) is 12.1. The van der Waals surface area contributed by atoms with Gasteiger partial charge in [-0.05, 0) is 80.7 Å². The maximum absolute atomic E-state index is 14.1. The fourth-order valence-corrected chi connectivity index (χ4v) is 7.59. The maximum atomic E-state index is 14.1. The number of nitrogens with one attached hydrogen (secondary N) is 3. The number of aliphatic imine (C=N–C) groups is 1. The first kappa shape index (κ1) is 31.1. The number of aromatic nitrogens is 1. The molecule has 0 bridgehead atoms. The Morgan fingerprint density at radius 2 is 2.14 bits per heavy atom. The van der Waals surface area contributed by atoms with Gasteiger partial charge in [-0.2, -0.15) is 0 Å². The number of benzene rings is 1. The second-order valence-corrected chi connectivity index (χ2v) is 13.6. The largest absolute Gasteiger partial charge is 0.332 e. The number of nitrogens with zero attached hydrogens (tertiary/aromatic N) is 3. The Hall–Kier alpha value is -2.85. The quantitative estimate of drug-likeness (QED) is 0.161. The van der Waals surface area contributed by atoms with Crippen LogP contribution in [0.5, 0.6) is 0 Å². The Bertz CT molecular complexity index is 1480. The highest BCUT2D eigenvalue weighted by molar-refractivity contribution is 8.03. The number of hydrogen-bond acceptors (Lipinski definition) is 7. The molecule has 1 aliphatic carbocycles. The van der Waals surface area contributed by atoms with Crippen LogP contribution in [0.3, 0.4) is 0 Å². The van der Waals surface area contributed by atoms with Gasteiger partial charge in [0.15, 0.2) is 0 Å². The fraction of sp³-hybridized carbons (Fsp3) is 0.441. The summed E-state index contributed by atoms with van der Waals surface area (Å²) in [6, 6.07) is 9.95. The van der Waals surface area contributed by atoms with E-state index < -0.39 is 18.0 Å². The third-order valence-electron chi connectivity index (χ3n) is 8.74. The number of amidine groups is 1. The average molecular weight is 637 g/mol. The van der Waals surface area contributed by atoms with Crippen molar-refractivity contribution in [3.05, 3.63) is 99.6 Å². The molecular weight excluding hydrogens is 598 g/mol. The van der Waals surface area contributed by atoms with Gasteiger partial charge in [-0.15, -0.1) is 11.8 Å². The monoisotopic (exact) mass is 636 g/mol. The molecule has 0 amide bonds. The van der Waals surface area contributed by atoms with Gasteiger partial charge in [-0.3, -0.25) is 9.98 Å². The third-order valence-corrected chi connectivity index (χ3v) is 10.2. The van der Waals surface area contributed by atoms with Gasteiger partial charge in [0.25, 0.3) is 0 Å². The van der Waals surface area contributed by atoms with Crippen LogP contribution in [0.15, 0.2) is 82.5 Å². The van der Waals surface area contributed by atoms with Gasteiger partial charge in [0.1, 0.15) is 23.9 Å². The molecule has 6 nitrogen and oxygen atoms in total. The van der Waals surface area contributed by atoms with E-state index in [0.717, 1.165) is 74.7 Å². The van der Waals surface area contributed by atoms with Crippen LogP contribution in [0.4, 0.5) is 8.78 Å². The molecular formula is C34H39ClF2N6S. The van der Waals surface area contributed by atoms with Gasteiger partial charge >= 0.3 is 0 Å². The van der Waals surface area contributed by atoms with E-state index in [-0.39, 0.29) is 22.9 Å². The van der Waals surface area contributed by atoms with Gasteiger partial charge in [-0.25, -0.2) is 8.78 Å². The molecule has 1 aromatic heterocycles. The number of thioether (sulfide) groups is 1. The van der Waals surface area contributed by atoms with Gasteiger partial charge in [-0.1, -0.05) is 35.9 Å². The lowest BCUT2D eigenvalue weighted by Crippen LogP contribution is -2.40. The normalized spacial score (nSPS) is 24.6. The van der Waals surface area contributed by atoms with E-state index in [1.54, 1.807) is 30.0 Å². The van der Waals surface area contributed by atoms with Crippen LogP contribution in [-0.4, -0.2) is 59.0 Å². The van der Waals surface area contributed by atoms with Gasteiger partial charge in [0.05, 0.1) is 22.2 Å². The zero-order chi connectivity index (χ0) is 30.7. The van der Waals surface area contributed by atoms with Crippen molar-refractivity contribution in [3.8, 4) is 0 Å². The Balaban J connectivity index is 1.21. The Morgan fingerprint density at radius 3 is 2.84 bits per heavy atom. The van der Waals surface area contributed by atoms with E-state index in [1.165, 1.54) is 19.1 Å². The number of halogens is 3. The SMILES string of the molecule is CC(F)C/C=C\C(=N)C1=C2C[C@H](CNCCNC3(c4ccccn4)CC3)CN2C(C2CC=CS2)=N[C@H]1c1ccc(F)cc1Cl. The van der Waals surface area contributed by atoms with Crippen molar-refractivity contribution < 1.29 is 8.78 Å². The minimum atomic E-state index is -0.992. The smallest absolute Gasteiger partial charge is 0.124 e. The van der Waals surface area contributed by atoms with E-state index in [0.29, 0.717) is 16.5 Å². The lowest BCUT2D eigenvalue weighted by molar-refractivity contribution is 0.365. The number of alkyl halides is 1. The Morgan fingerprint density at radius 1 is 1.27 bits per heavy atom. The summed E-state index contributed by atoms with van der Waals surface area (Å²) in [7, 11) is 0. The molecule has 232 valence electrons. The van der Waals surface area contributed by atoms with Crippen molar-refractivity contribution in [1.82, 2.24) is 20.5 Å². The summed E-state index contributed by atoms with van der Waals surface area (Å²) in [5.41, 5.74) is 3.92. The maximum Gasteiger partial charge on any atom is 0.124 e. The number of pyridine rings is 1. The first-order valence-electron chi connectivity index (χ1n) is 15.4. The van der Waals surface area contributed by atoms with E-state index in [2.05, 4.69) is 38.1 Å². The lowest BCUT2D eigenvalue weighted by Gasteiger charge is -2.35. The summed E-state index contributed by atoms with van der Waals surface area (Å²) >= 11 is 8.36. The van der Waals surface area contributed by atoms with E-state index in [1.807, 2.05) is 18.3 Å². The summed E-state index contributed by atoms with van der Waals surface area (Å²) in [6.07, 6.45) is 10.5. The van der Waals surface area contributed by atoms with E-state index in [9.17, 15) is 8.78 Å². The summed E-state index contributed by atoms with van der Waals surface area (Å²) in [5.74, 6) is 0.889. The first-order chi connectivity index (χ1) is 21.3. The molecule has 0 spiro atoms. The molecule has 4 aliphatic rings. The van der Waals surface area contributed by atoms with Gasteiger partial charge in [0.2, 0.25) is 0 Å². The van der Waals surface area contributed by atoms with Crippen LogP contribution in [0.2, 0.25) is 5.02 Å². The van der Waals surface area contributed by atoms with Crippen LogP contribution in [0.1, 0.15) is 56.3 Å². The summed E-state index contributed by atoms with van der Waals surface area (Å²) in [5, 5.41) is 19.1. The number of rotatable bonds is 13. The molecule has 4 heterocycles. The van der Waals surface area contributed by atoms with E-state index in [4.69, 9.17) is 22.0 Å². The zero-order valence-corrected chi connectivity index (χ0v) is 26.5. The zero-order valence-electron chi connectivity index (χ0n) is 24.9. The molecule has 3 N–H and O–H groups in total. The summed E-state index contributed by atoms with van der Waals surface area (Å²) < 4.78 is 27.7. The fourth-order valence-electron chi connectivity index (χ4n) is 6.38. The molecule has 2 unspecified atom stereocenters. The van der Waals surface area contributed by atoms with Crippen molar-refractivity contribution in [3.63, 3.8) is 0 Å². The van der Waals surface area contributed by atoms with Crippen LogP contribution in [0.25, 0.3) is 0 Å². The molecule has 44 heavy (non-hydrogen) atoms. The van der Waals surface area contributed by atoms with Crippen LogP contribution in [-0.2, 0) is 5.54 Å². The molecule has 1 saturated carbocycles. The van der Waals surface area contributed by atoms with Crippen LogP contribution < -0.4 is 10.6 Å². The molecule has 1 saturated heterocycles. The lowest BCUT2D eigenvalue weighted by atomic mass is 9.90. The van der Waals surface area contributed by atoms with Crippen molar-refractivity contribution >= 4 is 34.9 Å². The van der Waals surface area contributed by atoms with Crippen molar-refractivity contribution in [2.24, 2.45) is 10.9 Å². The third kappa shape index (κ3) is 6.86. The molecule has 2 fully saturated rings. The second kappa shape index (κ2) is 13.6. The first-order valence-corrected chi connectivity index (χ1v) is 16.8. The number of hydrogen-bond donors (Lipinski definition) is 3. The molecule has 1 aromatic carbocycles. The van der Waals surface area contributed by atoms with Gasteiger partial charge < -0.3 is 20.9 Å². The highest BCUT2D eigenvalue weighted by Gasteiger charge is 2.45. The molecule has 4 atom stereocenters. The van der Waals surface area contributed by atoms with Gasteiger partial charge in [0, 0.05) is 54.2 Å². The minimum absolute atomic E-state index is 0.0134. The Kier molecular flexibility index (Phi) is 9.66. The molecule has 0 radical (unpaired) electrons. The van der Waals surface area contributed by atoms with E-state index >= 15 is 0 Å². The predicted octanol–water partition coefficient (Wildman–Crippen LogP) is 7.12. The topological polar surface area (TPSA) is 76.4 Å². The number of allylic oxidation sites excluding steroid dienone is 4. The number of fused-ring (bicyclic) bond motifs is 1. The highest BCUT2D eigenvalue weighted by atomic mass is 35.5. The molecule has 3 aliphatic heterocycles. The average Bonchev–Trinajstić information content (AvgIpc) is 3.38. The summed E-state index contributed by atoms with van der Waals surface area (Å²) in [6.45, 7) is 4.84. The van der Waals surface area contributed by atoms with Crippen LogP contribution in [0, 0.1) is 17.1 Å². The Labute approximate surface area is 267 Å². The molecule has 6 rings (SSSR count). The summed E-state index contributed by atoms with van der Waals surface area (Å²) in [4.78, 5) is 12.1. The van der Waals surface area contributed by atoms with Crippen LogP contribution >= 0.6 is 23.4 Å². The van der Waals surface area contributed by atoms with Crippen molar-refractivity contribution in [1.29, 1.82) is 5.41 Å². The molecule has 2 aromatic rings. The predicted molar refractivity (Wildman–Crippen MR) is 177 cm³/mol. The minimum Gasteiger partial charge on any atom is -0.332 e. The standard InChI is InChI=1S/C34H39ClF2N6S/c1-22(36)6-4-7-27(38)31-28-18-23(20-39-15-16-41-34(12-13-34)30-9-2-3-14-40-30)21-43(28)33(29-8-5-17-44-29)42-32(31)25-11-10-24(37)19-26(25)35/h2-5,7,9-11,14,17,19,22-23,29,32,38-39,41H,6,8,12-13,15-16,18,20-21H2,1H3/b7-4-,38-27?/t22?,23-,29?,32+/m1/s1. The molecule has 10 heteroatoms. The van der Waals surface area contributed by atoms with Crippen molar-refractivity contribution in [2.45, 2.75) is 62.0 Å². The highest BCUT2D eigenvalue weighted by Crippen LogP contribution is 2.46.